The van der Waals surface area contributed by atoms with Crippen LogP contribution >= 0.6 is 0 Å². The zero-order valence-electron chi connectivity index (χ0n) is 7.28. The van der Waals surface area contributed by atoms with Crippen LogP contribution in [-0.2, 0) is 4.79 Å². The van der Waals surface area contributed by atoms with Crippen LogP contribution in [0.3, 0.4) is 0 Å². The normalized spacial score (nSPS) is 9.33. The second-order valence-corrected chi connectivity index (χ2v) is 2.43. The summed E-state index contributed by atoms with van der Waals surface area (Å²) in [6, 6.07) is 0.881. The molecule has 0 aliphatic heterocycles. The quantitative estimate of drug-likeness (QED) is 0.596. The lowest BCUT2D eigenvalue weighted by molar-refractivity contribution is -0.117. The third-order valence-electron chi connectivity index (χ3n) is 1.39. The van der Waals surface area contributed by atoms with Crippen LogP contribution in [0.2, 0.25) is 0 Å². The van der Waals surface area contributed by atoms with E-state index < -0.39 is 35.7 Å². The van der Waals surface area contributed by atoms with Crippen LogP contribution in [0.4, 0.5) is 23.2 Å². The van der Waals surface area contributed by atoms with Crippen LogP contribution in [0.15, 0.2) is 12.1 Å². The average molecular weight is 225 g/mol. The number of amides is 1. The smallest absolute Gasteiger partial charge is 0.255 e. The van der Waals surface area contributed by atoms with Crippen molar-refractivity contribution in [3.8, 4) is 0 Å². The van der Waals surface area contributed by atoms with Gasteiger partial charge in [0.1, 0.15) is 5.82 Å². The van der Waals surface area contributed by atoms with Gasteiger partial charge in [0.15, 0.2) is 18.3 Å². The maximum atomic E-state index is 12.8. The molecular formula is C8H7F4NO2. The lowest BCUT2D eigenvalue weighted by Gasteiger charge is -2.04. The van der Waals surface area contributed by atoms with Crippen molar-refractivity contribution in [3.05, 3.63) is 29.6 Å². The Balaban J connectivity index is 0.00000196. The van der Waals surface area contributed by atoms with Gasteiger partial charge in [0, 0.05) is 12.1 Å². The van der Waals surface area contributed by atoms with E-state index in [4.69, 9.17) is 0 Å². The van der Waals surface area contributed by atoms with E-state index in [0.717, 1.165) is 0 Å². The van der Waals surface area contributed by atoms with Gasteiger partial charge in [-0.2, -0.15) is 0 Å². The number of carbonyl (C=O) groups is 1. The number of alkyl halides is 1. The monoisotopic (exact) mass is 225 g/mol. The summed E-state index contributed by atoms with van der Waals surface area (Å²) >= 11 is 0. The number of hydrogen-bond donors (Lipinski definition) is 1. The van der Waals surface area contributed by atoms with Gasteiger partial charge in [-0.15, -0.1) is 0 Å². The minimum Gasteiger partial charge on any atom is -0.412 e. The van der Waals surface area contributed by atoms with E-state index >= 15 is 0 Å². The highest BCUT2D eigenvalue weighted by Gasteiger charge is 2.12. The Bertz CT molecular complexity index is 370. The van der Waals surface area contributed by atoms with Gasteiger partial charge >= 0.3 is 0 Å². The van der Waals surface area contributed by atoms with Gasteiger partial charge in [-0.25, -0.2) is 17.6 Å². The van der Waals surface area contributed by atoms with Crippen molar-refractivity contribution in [2.24, 2.45) is 0 Å². The highest BCUT2D eigenvalue weighted by molar-refractivity contribution is 5.91. The maximum absolute atomic E-state index is 12.8. The molecule has 0 bridgehead atoms. The molecule has 0 radical (unpaired) electrons. The lowest BCUT2D eigenvalue weighted by atomic mass is 10.3. The molecule has 0 aromatic heterocycles. The molecule has 0 atom stereocenters. The van der Waals surface area contributed by atoms with Crippen molar-refractivity contribution in [1.82, 2.24) is 0 Å². The summed E-state index contributed by atoms with van der Waals surface area (Å²) in [5.41, 5.74) is -0.717. The molecule has 84 valence electrons. The van der Waals surface area contributed by atoms with Gasteiger partial charge in [-0.3, -0.25) is 4.79 Å². The molecule has 0 unspecified atom stereocenters. The summed E-state index contributed by atoms with van der Waals surface area (Å²) in [6.07, 6.45) is 0. The maximum Gasteiger partial charge on any atom is 0.255 e. The molecule has 0 heterocycles. The molecule has 0 saturated carbocycles. The van der Waals surface area contributed by atoms with E-state index in [9.17, 15) is 22.4 Å². The topological polar surface area (TPSA) is 60.6 Å². The summed E-state index contributed by atoms with van der Waals surface area (Å²) in [5.74, 6) is -5.10. The average Bonchev–Trinajstić information content (AvgIpc) is 2.13. The first-order valence-corrected chi connectivity index (χ1v) is 3.55. The molecule has 0 aliphatic carbocycles. The predicted octanol–water partition coefficient (Wildman–Crippen LogP) is 1.19. The molecule has 3 nitrogen and oxygen atoms in total. The predicted molar refractivity (Wildman–Crippen MR) is 44.5 cm³/mol. The van der Waals surface area contributed by atoms with Crippen molar-refractivity contribution in [1.29, 1.82) is 0 Å². The zero-order chi connectivity index (χ0) is 10.7. The number of anilines is 1. The second-order valence-electron chi connectivity index (χ2n) is 2.43. The Hall–Kier alpha value is -1.63. The number of benzene rings is 1. The van der Waals surface area contributed by atoms with E-state index in [-0.39, 0.29) is 5.48 Å². The Morgan fingerprint density at radius 3 is 2.40 bits per heavy atom. The van der Waals surface area contributed by atoms with E-state index in [1.54, 1.807) is 5.32 Å². The number of halogens is 4. The highest BCUT2D eigenvalue weighted by Crippen LogP contribution is 2.18. The van der Waals surface area contributed by atoms with Crippen LogP contribution in [0.1, 0.15) is 0 Å². The fourth-order valence-corrected chi connectivity index (χ4v) is 0.831. The first-order valence-electron chi connectivity index (χ1n) is 3.55. The first-order chi connectivity index (χ1) is 6.54. The largest absolute Gasteiger partial charge is 0.412 e. The third-order valence-corrected chi connectivity index (χ3v) is 1.39. The molecule has 0 aliphatic rings. The standard InChI is InChI=1S/C8H5F4NO.H2O/c9-3-7(14)13-6-2-4(10)1-5(11)8(6)12;/h1-2H,3H2,(H,13,14);1H2. The highest BCUT2D eigenvalue weighted by atomic mass is 19.2. The van der Waals surface area contributed by atoms with Crippen LogP contribution in [0.25, 0.3) is 0 Å². The third kappa shape index (κ3) is 3.21. The minimum absolute atomic E-state index is 0. The van der Waals surface area contributed by atoms with Gasteiger partial charge in [-0.1, -0.05) is 0 Å². The first kappa shape index (κ1) is 13.4. The molecule has 1 rings (SSSR count). The zero-order valence-corrected chi connectivity index (χ0v) is 7.28. The van der Waals surface area contributed by atoms with Crippen molar-refractivity contribution in [2.45, 2.75) is 0 Å². The molecular weight excluding hydrogens is 218 g/mol. The Morgan fingerprint density at radius 1 is 1.27 bits per heavy atom. The Morgan fingerprint density at radius 2 is 1.87 bits per heavy atom. The number of nitrogens with one attached hydrogen (secondary N) is 1. The van der Waals surface area contributed by atoms with E-state index in [2.05, 4.69) is 0 Å². The summed E-state index contributed by atoms with van der Waals surface area (Å²) in [7, 11) is 0. The molecule has 0 spiro atoms. The molecule has 0 fully saturated rings. The fraction of sp³-hybridized carbons (Fsp3) is 0.125. The molecule has 1 aromatic rings. The van der Waals surface area contributed by atoms with Gasteiger partial charge in [-0.05, 0) is 0 Å². The van der Waals surface area contributed by atoms with Gasteiger partial charge in [0.2, 0.25) is 0 Å². The van der Waals surface area contributed by atoms with Crippen LogP contribution < -0.4 is 5.32 Å². The van der Waals surface area contributed by atoms with Gasteiger partial charge in [0.05, 0.1) is 5.69 Å². The van der Waals surface area contributed by atoms with E-state index in [0.29, 0.717) is 12.1 Å². The number of rotatable bonds is 2. The molecule has 1 amide bonds. The van der Waals surface area contributed by atoms with Crippen molar-refractivity contribution >= 4 is 11.6 Å². The molecule has 7 heteroatoms. The van der Waals surface area contributed by atoms with Gasteiger partial charge in [0.25, 0.3) is 5.91 Å². The van der Waals surface area contributed by atoms with Crippen LogP contribution in [-0.4, -0.2) is 18.1 Å². The van der Waals surface area contributed by atoms with Gasteiger partial charge < -0.3 is 10.8 Å². The van der Waals surface area contributed by atoms with Crippen molar-refractivity contribution in [3.63, 3.8) is 0 Å². The summed E-state index contributed by atoms with van der Waals surface area (Å²) in [6.45, 7) is -1.39. The Labute approximate surface area is 82.0 Å². The van der Waals surface area contributed by atoms with Crippen molar-refractivity contribution < 1.29 is 27.8 Å². The number of carbonyl (C=O) groups excluding carboxylic acids is 1. The summed E-state index contributed by atoms with van der Waals surface area (Å²) in [4.78, 5) is 10.5. The van der Waals surface area contributed by atoms with E-state index in [1.807, 2.05) is 0 Å². The lowest BCUT2D eigenvalue weighted by Crippen LogP contribution is -2.14. The van der Waals surface area contributed by atoms with E-state index in [1.165, 1.54) is 0 Å². The second kappa shape index (κ2) is 5.30. The molecule has 15 heavy (non-hydrogen) atoms. The molecule has 3 N–H and O–H groups in total. The minimum atomic E-state index is -1.45. The van der Waals surface area contributed by atoms with Crippen molar-refractivity contribution in [2.75, 3.05) is 12.0 Å². The number of hydrogen-bond acceptors (Lipinski definition) is 1. The summed E-state index contributed by atoms with van der Waals surface area (Å²) in [5, 5.41) is 1.67. The Kier molecular flexibility index (Phi) is 4.72. The molecule has 0 saturated heterocycles. The SMILES string of the molecule is O.O=C(CF)Nc1cc(F)cc(F)c1F. The van der Waals surface area contributed by atoms with Crippen LogP contribution in [0.5, 0.6) is 0 Å². The molecule has 1 aromatic carbocycles. The summed E-state index contributed by atoms with van der Waals surface area (Å²) < 4.78 is 49.5. The van der Waals surface area contributed by atoms with Crippen LogP contribution in [0, 0.1) is 17.5 Å². The fourth-order valence-electron chi connectivity index (χ4n) is 0.831.